The lowest BCUT2D eigenvalue weighted by Crippen LogP contribution is -2.21. The molecule has 0 atom stereocenters. The Labute approximate surface area is 160 Å². The van der Waals surface area contributed by atoms with Gasteiger partial charge in [0.25, 0.3) is 5.91 Å². The molecule has 0 bridgehead atoms. The summed E-state index contributed by atoms with van der Waals surface area (Å²) in [6.45, 7) is 0.996. The van der Waals surface area contributed by atoms with Crippen LogP contribution in [0.1, 0.15) is 27.6 Å². The van der Waals surface area contributed by atoms with Gasteiger partial charge in [0.2, 0.25) is 5.91 Å². The van der Waals surface area contributed by atoms with Crippen LogP contribution >= 0.6 is 11.8 Å². The second-order valence-electron chi connectivity index (χ2n) is 5.55. The van der Waals surface area contributed by atoms with Gasteiger partial charge in [-0.2, -0.15) is 0 Å². The van der Waals surface area contributed by atoms with E-state index >= 15 is 0 Å². The maximum Gasteiger partial charge on any atom is 0.339 e. The Hall–Kier alpha value is -3.13. The van der Waals surface area contributed by atoms with Crippen molar-refractivity contribution in [1.29, 1.82) is 0 Å². The first-order chi connectivity index (χ1) is 12.9. The summed E-state index contributed by atoms with van der Waals surface area (Å²) in [5.41, 5.74) is 6.20. The van der Waals surface area contributed by atoms with Crippen LogP contribution in [-0.2, 0) is 14.3 Å². The number of hydrogen-bond acceptors (Lipinski definition) is 6. The van der Waals surface area contributed by atoms with Crippen molar-refractivity contribution >= 4 is 41.0 Å². The van der Waals surface area contributed by atoms with Crippen LogP contribution in [0.25, 0.3) is 0 Å². The lowest BCUT2D eigenvalue weighted by molar-refractivity contribution is -0.119. The van der Waals surface area contributed by atoms with E-state index in [-0.39, 0.29) is 11.5 Å². The zero-order valence-electron chi connectivity index (χ0n) is 14.6. The van der Waals surface area contributed by atoms with Crippen molar-refractivity contribution < 1.29 is 23.9 Å². The molecule has 8 heteroatoms. The Kier molecular flexibility index (Phi) is 7.13. The van der Waals surface area contributed by atoms with Gasteiger partial charge in [-0.3, -0.25) is 14.4 Å². The normalized spacial score (nSPS) is 10.1. The Morgan fingerprint density at radius 1 is 1.04 bits per heavy atom. The molecule has 2 rings (SSSR count). The maximum absolute atomic E-state index is 12.2. The first-order valence-corrected chi connectivity index (χ1v) is 8.93. The number of nitrogens with two attached hydrogens (primary N) is 1. The summed E-state index contributed by atoms with van der Waals surface area (Å²) in [7, 11) is 0. The quantitative estimate of drug-likeness (QED) is 0.531. The van der Waals surface area contributed by atoms with Gasteiger partial charge in [0, 0.05) is 16.1 Å². The highest BCUT2D eigenvalue weighted by Gasteiger charge is 2.15. The number of ether oxygens (including phenoxy) is 1. The zero-order chi connectivity index (χ0) is 19.8. The van der Waals surface area contributed by atoms with Crippen molar-refractivity contribution in [3.63, 3.8) is 0 Å². The van der Waals surface area contributed by atoms with Crippen LogP contribution < -0.4 is 11.1 Å². The summed E-state index contributed by atoms with van der Waals surface area (Å²) in [6.07, 6.45) is 0. The molecule has 3 N–H and O–H groups in total. The number of Topliss-reactive ketones (excluding diaryl/α,β-unsaturated/α-hetero) is 1. The molecule has 0 aliphatic rings. The van der Waals surface area contributed by atoms with Gasteiger partial charge in [-0.15, -0.1) is 11.8 Å². The number of nitrogens with one attached hydrogen (secondary N) is 1. The van der Waals surface area contributed by atoms with Crippen molar-refractivity contribution in [3.05, 3.63) is 59.7 Å². The number of esters is 1. The molecule has 0 saturated heterocycles. The van der Waals surface area contributed by atoms with Crippen LogP contribution in [0, 0.1) is 0 Å². The van der Waals surface area contributed by atoms with Gasteiger partial charge in [-0.1, -0.05) is 12.1 Å². The molecule has 0 saturated carbocycles. The van der Waals surface area contributed by atoms with E-state index in [2.05, 4.69) is 5.32 Å². The van der Waals surface area contributed by atoms with Crippen LogP contribution in [-0.4, -0.2) is 35.9 Å². The lowest BCUT2D eigenvalue weighted by atomic mass is 10.2. The number of benzene rings is 2. The van der Waals surface area contributed by atoms with Crippen molar-refractivity contribution in [2.45, 2.75) is 11.8 Å². The van der Waals surface area contributed by atoms with Gasteiger partial charge in [-0.25, -0.2) is 4.79 Å². The minimum atomic E-state index is -0.652. The van der Waals surface area contributed by atoms with Crippen molar-refractivity contribution in [3.8, 4) is 0 Å². The summed E-state index contributed by atoms with van der Waals surface area (Å²) in [5.74, 6) is -1.51. The summed E-state index contributed by atoms with van der Waals surface area (Å²) in [5, 5.41) is 2.55. The molecule has 0 heterocycles. The first kappa shape index (κ1) is 20.2. The Morgan fingerprint density at radius 2 is 1.70 bits per heavy atom. The lowest BCUT2D eigenvalue weighted by Gasteiger charge is -2.09. The summed E-state index contributed by atoms with van der Waals surface area (Å²) >= 11 is 1.24. The van der Waals surface area contributed by atoms with Gasteiger partial charge >= 0.3 is 5.97 Å². The van der Waals surface area contributed by atoms with E-state index < -0.39 is 24.4 Å². The highest BCUT2D eigenvalue weighted by atomic mass is 32.2. The minimum absolute atomic E-state index is 0.00935. The van der Waals surface area contributed by atoms with Gasteiger partial charge in [0.1, 0.15) is 5.78 Å². The molecule has 2 aromatic rings. The van der Waals surface area contributed by atoms with E-state index in [0.717, 1.165) is 0 Å². The number of hydrogen-bond donors (Lipinski definition) is 2. The topological polar surface area (TPSA) is 116 Å². The molecular weight excluding hydrogens is 368 g/mol. The fraction of sp³-hybridized carbons (Fsp3) is 0.158. The molecule has 7 nitrogen and oxygen atoms in total. The SMILES string of the molecule is CC(=O)CSc1ccccc1C(=O)OCC(=O)Nc1ccc(C(N)=O)cc1. The molecule has 0 aliphatic carbocycles. The number of rotatable bonds is 8. The van der Waals surface area contributed by atoms with Crippen LogP contribution in [0.3, 0.4) is 0 Å². The van der Waals surface area contributed by atoms with E-state index in [0.29, 0.717) is 21.7 Å². The number of primary amides is 1. The number of thioether (sulfide) groups is 1. The number of carbonyl (C=O) groups excluding carboxylic acids is 4. The fourth-order valence-corrected chi connectivity index (χ4v) is 2.90. The minimum Gasteiger partial charge on any atom is -0.452 e. The van der Waals surface area contributed by atoms with Crippen molar-refractivity contribution in [2.24, 2.45) is 5.73 Å². The molecule has 0 spiro atoms. The van der Waals surface area contributed by atoms with Crippen LogP contribution in [0.2, 0.25) is 0 Å². The van der Waals surface area contributed by atoms with Gasteiger partial charge in [0.05, 0.1) is 11.3 Å². The number of carbonyl (C=O) groups is 4. The third kappa shape index (κ3) is 6.27. The number of anilines is 1. The molecule has 0 unspecified atom stereocenters. The van der Waals surface area contributed by atoms with Gasteiger partial charge < -0.3 is 15.8 Å². The third-order valence-corrected chi connectivity index (χ3v) is 4.54. The predicted molar refractivity (Wildman–Crippen MR) is 102 cm³/mol. The highest BCUT2D eigenvalue weighted by molar-refractivity contribution is 8.00. The molecule has 0 fully saturated rings. The maximum atomic E-state index is 12.2. The van der Waals surface area contributed by atoms with Crippen molar-refractivity contribution in [1.82, 2.24) is 0 Å². The summed E-state index contributed by atoms with van der Waals surface area (Å²) in [4.78, 5) is 46.9. The molecule has 2 aromatic carbocycles. The largest absolute Gasteiger partial charge is 0.452 e. The number of amides is 2. The molecule has 2 amide bonds. The smallest absolute Gasteiger partial charge is 0.339 e. The van der Waals surface area contributed by atoms with Gasteiger partial charge in [0.15, 0.2) is 6.61 Å². The summed E-state index contributed by atoms with van der Waals surface area (Å²) < 4.78 is 5.05. The second kappa shape index (κ2) is 9.54. The first-order valence-electron chi connectivity index (χ1n) is 7.95. The van der Waals surface area contributed by atoms with Crippen LogP contribution in [0.4, 0.5) is 5.69 Å². The monoisotopic (exact) mass is 386 g/mol. The molecule has 0 aliphatic heterocycles. The number of ketones is 1. The Bertz CT molecular complexity index is 865. The highest BCUT2D eigenvalue weighted by Crippen LogP contribution is 2.23. The molecule has 27 heavy (non-hydrogen) atoms. The average Bonchev–Trinajstić information content (AvgIpc) is 2.65. The Balaban J connectivity index is 1.92. The predicted octanol–water partition coefficient (Wildman–Crippen LogP) is 2.26. The van der Waals surface area contributed by atoms with Crippen molar-refractivity contribution in [2.75, 3.05) is 17.7 Å². The Morgan fingerprint density at radius 3 is 2.33 bits per heavy atom. The van der Waals surface area contributed by atoms with Gasteiger partial charge in [-0.05, 0) is 43.3 Å². The molecular formula is C19H18N2O5S. The second-order valence-corrected chi connectivity index (χ2v) is 6.57. The molecule has 140 valence electrons. The van der Waals surface area contributed by atoms with E-state index in [1.54, 1.807) is 24.3 Å². The van der Waals surface area contributed by atoms with Crippen LogP contribution in [0.15, 0.2) is 53.4 Å². The van der Waals surface area contributed by atoms with E-state index in [4.69, 9.17) is 10.5 Å². The molecule has 0 radical (unpaired) electrons. The van der Waals surface area contributed by atoms with Crippen LogP contribution in [0.5, 0.6) is 0 Å². The van der Waals surface area contributed by atoms with E-state index in [1.807, 2.05) is 0 Å². The zero-order valence-corrected chi connectivity index (χ0v) is 15.4. The standard InChI is InChI=1S/C19H18N2O5S/c1-12(22)11-27-16-5-3-2-4-15(16)19(25)26-10-17(23)21-14-8-6-13(7-9-14)18(20)24/h2-9H,10-11H2,1H3,(H2,20,24)(H,21,23). The third-order valence-electron chi connectivity index (χ3n) is 3.33. The van der Waals surface area contributed by atoms with E-state index in [9.17, 15) is 19.2 Å². The summed E-state index contributed by atoms with van der Waals surface area (Å²) in [6, 6.07) is 12.7. The van der Waals surface area contributed by atoms with E-state index in [1.165, 1.54) is 43.0 Å². The molecule has 0 aromatic heterocycles. The fourth-order valence-electron chi connectivity index (χ4n) is 2.06. The average molecular weight is 386 g/mol.